The molecule has 1 amide bonds. The van der Waals surface area contributed by atoms with E-state index in [4.69, 9.17) is 15.3 Å². The number of amides is 1. The summed E-state index contributed by atoms with van der Waals surface area (Å²) < 4.78 is 5.44. The minimum atomic E-state index is -0.110. The average molecular weight is 374 g/mol. The molecule has 0 spiro atoms. The smallest absolute Gasteiger partial charge is 0.263 e. The fourth-order valence-electron chi connectivity index (χ4n) is 3.55. The van der Waals surface area contributed by atoms with Crippen molar-refractivity contribution in [3.05, 3.63) is 35.4 Å². The molecule has 0 saturated carbocycles. The predicted octanol–water partition coefficient (Wildman–Crippen LogP) is 1.56. The highest BCUT2D eigenvalue weighted by Crippen LogP contribution is 2.14. The molecular weight excluding hydrogens is 344 g/mol. The normalized spacial score (nSPS) is 21.9. The van der Waals surface area contributed by atoms with Crippen molar-refractivity contribution in [1.82, 2.24) is 9.80 Å². The van der Waals surface area contributed by atoms with Crippen molar-refractivity contribution in [3.63, 3.8) is 0 Å². The zero-order valence-corrected chi connectivity index (χ0v) is 16.1. The van der Waals surface area contributed by atoms with E-state index in [9.17, 15) is 4.79 Å². The van der Waals surface area contributed by atoms with Gasteiger partial charge < -0.3 is 20.2 Å². The monoisotopic (exact) mass is 374 g/mol. The summed E-state index contributed by atoms with van der Waals surface area (Å²) in [7, 11) is 0. The second kappa shape index (κ2) is 9.71. The van der Waals surface area contributed by atoms with Gasteiger partial charge in [0.05, 0.1) is 12.7 Å². The van der Waals surface area contributed by atoms with Crippen LogP contribution >= 0.6 is 0 Å². The van der Waals surface area contributed by atoms with Crippen molar-refractivity contribution in [2.45, 2.75) is 38.8 Å². The van der Waals surface area contributed by atoms with Crippen molar-refractivity contribution in [2.75, 3.05) is 39.4 Å². The molecule has 7 nitrogen and oxygen atoms in total. The van der Waals surface area contributed by atoms with Crippen LogP contribution in [0.15, 0.2) is 29.4 Å². The van der Waals surface area contributed by atoms with Gasteiger partial charge in [0.25, 0.3) is 5.91 Å². The molecule has 0 aliphatic carbocycles. The molecule has 2 heterocycles. The lowest BCUT2D eigenvalue weighted by Crippen LogP contribution is -2.45. The van der Waals surface area contributed by atoms with Crippen LogP contribution in [0.1, 0.15) is 37.3 Å². The highest BCUT2D eigenvalue weighted by Gasteiger charge is 2.21. The van der Waals surface area contributed by atoms with Crippen molar-refractivity contribution >= 4 is 11.7 Å². The first-order chi connectivity index (χ1) is 13.1. The van der Waals surface area contributed by atoms with Crippen LogP contribution in [-0.2, 0) is 20.9 Å². The van der Waals surface area contributed by atoms with Crippen LogP contribution in [-0.4, -0.2) is 67.0 Å². The number of hydrogen-bond donors (Lipinski definition) is 1. The van der Waals surface area contributed by atoms with E-state index in [0.717, 1.165) is 25.2 Å². The van der Waals surface area contributed by atoms with E-state index >= 15 is 0 Å². The molecule has 2 aliphatic heterocycles. The Hall–Kier alpha value is -2.12. The summed E-state index contributed by atoms with van der Waals surface area (Å²) in [6.45, 7) is 6.80. The predicted molar refractivity (Wildman–Crippen MR) is 104 cm³/mol. The maximum atomic E-state index is 12.2. The van der Waals surface area contributed by atoms with E-state index in [1.165, 1.54) is 24.8 Å². The molecule has 1 aromatic rings. The molecule has 1 aromatic carbocycles. The number of likely N-dealkylation sites (tertiary alicyclic amines) is 1. The molecule has 1 atom stereocenters. The fraction of sp³-hybridized carbons (Fsp3) is 0.600. The van der Waals surface area contributed by atoms with Gasteiger partial charge in [-0.15, -0.1) is 0 Å². The Morgan fingerprint density at radius 3 is 2.89 bits per heavy atom. The fourth-order valence-corrected chi connectivity index (χ4v) is 3.55. The van der Waals surface area contributed by atoms with Crippen LogP contribution in [0.25, 0.3) is 0 Å². The number of amidine groups is 1. The molecule has 1 unspecified atom stereocenters. The third-order valence-electron chi connectivity index (χ3n) is 5.02. The van der Waals surface area contributed by atoms with E-state index in [2.05, 4.69) is 16.1 Å². The van der Waals surface area contributed by atoms with Gasteiger partial charge in [-0.1, -0.05) is 29.8 Å². The summed E-state index contributed by atoms with van der Waals surface area (Å²) >= 11 is 0. The summed E-state index contributed by atoms with van der Waals surface area (Å²) in [4.78, 5) is 21.6. The lowest BCUT2D eigenvalue weighted by atomic mass is 10.1. The summed E-state index contributed by atoms with van der Waals surface area (Å²) in [5.74, 6) is 0.194. The minimum Gasteiger partial charge on any atom is -0.384 e. The average Bonchev–Trinajstić information content (AvgIpc) is 2.69. The Bertz CT molecular complexity index is 658. The zero-order chi connectivity index (χ0) is 19.1. The number of piperidine rings is 1. The van der Waals surface area contributed by atoms with Crippen LogP contribution < -0.4 is 5.73 Å². The number of oxime groups is 1. The number of hydrogen-bond acceptors (Lipinski definition) is 5. The first kappa shape index (κ1) is 19.6. The highest BCUT2D eigenvalue weighted by atomic mass is 16.6. The first-order valence-corrected chi connectivity index (χ1v) is 9.78. The van der Waals surface area contributed by atoms with Crippen molar-refractivity contribution in [2.24, 2.45) is 10.9 Å². The number of carbonyl (C=O) groups excluding carboxylic acids is 1. The van der Waals surface area contributed by atoms with Gasteiger partial charge in [0.15, 0.2) is 12.4 Å². The number of benzene rings is 1. The number of ether oxygens (including phenoxy) is 1. The van der Waals surface area contributed by atoms with Gasteiger partial charge in [-0.3, -0.25) is 9.69 Å². The summed E-state index contributed by atoms with van der Waals surface area (Å²) in [5, 5.41) is 3.94. The Morgan fingerprint density at radius 1 is 1.30 bits per heavy atom. The summed E-state index contributed by atoms with van der Waals surface area (Å²) in [5.41, 5.74) is 8.08. The number of nitrogens with zero attached hydrogens (tertiary/aromatic N) is 3. The molecule has 3 rings (SSSR count). The highest BCUT2D eigenvalue weighted by molar-refractivity contribution is 5.97. The molecule has 2 N–H and O–H groups in total. The van der Waals surface area contributed by atoms with Gasteiger partial charge in [0, 0.05) is 25.2 Å². The largest absolute Gasteiger partial charge is 0.384 e. The third-order valence-corrected chi connectivity index (χ3v) is 5.02. The standard InChI is InChI=1S/C20H30N4O3/c1-16-13-24(10-11-26-16)19(25)15-27-22-20(21)18-7-5-6-17(12-18)14-23-8-3-2-4-9-23/h5-7,12,16H,2-4,8-11,13-15H2,1H3,(H2,21,22). The molecule has 0 radical (unpaired) electrons. The number of rotatable bonds is 6. The lowest BCUT2D eigenvalue weighted by molar-refractivity contribution is -0.142. The topological polar surface area (TPSA) is 80.4 Å². The van der Waals surface area contributed by atoms with Gasteiger partial charge in [-0.05, 0) is 44.5 Å². The van der Waals surface area contributed by atoms with Gasteiger partial charge in [-0.2, -0.15) is 0 Å². The zero-order valence-electron chi connectivity index (χ0n) is 16.1. The Morgan fingerprint density at radius 2 is 2.11 bits per heavy atom. The van der Waals surface area contributed by atoms with E-state index in [0.29, 0.717) is 25.5 Å². The number of carbonyl (C=O) groups is 1. The molecule has 7 heteroatoms. The number of morpholine rings is 1. The molecular formula is C20H30N4O3. The maximum Gasteiger partial charge on any atom is 0.263 e. The van der Waals surface area contributed by atoms with E-state index in [1.807, 2.05) is 25.1 Å². The van der Waals surface area contributed by atoms with Crippen LogP contribution in [0.5, 0.6) is 0 Å². The molecule has 148 valence electrons. The summed E-state index contributed by atoms with van der Waals surface area (Å²) in [6.07, 6.45) is 3.93. The first-order valence-electron chi connectivity index (χ1n) is 9.78. The second-order valence-corrected chi connectivity index (χ2v) is 7.31. The van der Waals surface area contributed by atoms with Gasteiger partial charge >= 0.3 is 0 Å². The molecule has 0 bridgehead atoms. The molecule has 2 aliphatic rings. The second-order valence-electron chi connectivity index (χ2n) is 7.31. The minimum absolute atomic E-state index is 0.0546. The van der Waals surface area contributed by atoms with Crippen molar-refractivity contribution in [1.29, 1.82) is 0 Å². The Balaban J connectivity index is 1.51. The molecule has 2 saturated heterocycles. The van der Waals surface area contributed by atoms with Crippen LogP contribution in [0.2, 0.25) is 0 Å². The third kappa shape index (κ3) is 5.94. The van der Waals surface area contributed by atoms with Crippen molar-refractivity contribution in [3.8, 4) is 0 Å². The molecule has 2 fully saturated rings. The number of nitrogens with two attached hydrogens (primary N) is 1. The maximum absolute atomic E-state index is 12.2. The SMILES string of the molecule is CC1CN(C(=O)CON=C(N)c2cccc(CN3CCCCC3)c2)CCO1. The Kier molecular flexibility index (Phi) is 7.06. The van der Waals surface area contributed by atoms with Gasteiger partial charge in [0.2, 0.25) is 0 Å². The van der Waals surface area contributed by atoms with Crippen molar-refractivity contribution < 1.29 is 14.4 Å². The van der Waals surface area contributed by atoms with Crippen LogP contribution in [0.3, 0.4) is 0 Å². The van der Waals surface area contributed by atoms with Gasteiger partial charge in [-0.25, -0.2) is 0 Å². The molecule has 0 aromatic heterocycles. The van der Waals surface area contributed by atoms with E-state index in [1.54, 1.807) is 4.90 Å². The Labute approximate surface area is 161 Å². The van der Waals surface area contributed by atoms with Crippen LogP contribution in [0.4, 0.5) is 0 Å². The van der Waals surface area contributed by atoms with E-state index < -0.39 is 0 Å². The molecule has 27 heavy (non-hydrogen) atoms. The summed E-state index contributed by atoms with van der Waals surface area (Å²) in [6, 6.07) is 8.04. The quantitative estimate of drug-likeness (QED) is 0.464. The van der Waals surface area contributed by atoms with Crippen LogP contribution in [0, 0.1) is 0 Å². The van der Waals surface area contributed by atoms with Gasteiger partial charge in [0.1, 0.15) is 0 Å². The lowest BCUT2D eigenvalue weighted by Gasteiger charge is -2.30. The van der Waals surface area contributed by atoms with E-state index in [-0.39, 0.29) is 18.6 Å².